The van der Waals surface area contributed by atoms with Crippen molar-refractivity contribution in [3.05, 3.63) is 0 Å². The van der Waals surface area contributed by atoms with E-state index in [-0.39, 0.29) is 30.0 Å². The average Bonchev–Trinajstić information content (AvgIpc) is 2.17. The van der Waals surface area contributed by atoms with E-state index in [1.165, 1.54) is 0 Å². The SMILES string of the molecule is B[C@@H]1O[C@H](CO)[C@@H](C)[C@H]1Cl. The van der Waals surface area contributed by atoms with E-state index in [1.54, 1.807) is 0 Å². The van der Waals surface area contributed by atoms with E-state index in [2.05, 4.69) is 0 Å². The van der Waals surface area contributed by atoms with Crippen molar-refractivity contribution in [2.45, 2.75) is 24.4 Å². The molecule has 1 rings (SSSR count). The molecule has 0 aromatic carbocycles. The maximum absolute atomic E-state index is 8.79. The molecule has 0 aromatic rings. The van der Waals surface area contributed by atoms with Crippen LogP contribution in [0.3, 0.4) is 0 Å². The molecule has 1 fully saturated rings. The summed E-state index contributed by atoms with van der Waals surface area (Å²) in [6, 6.07) is 0.0776. The van der Waals surface area contributed by atoms with Crippen molar-refractivity contribution in [1.82, 2.24) is 0 Å². The third-order valence-electron chi connectivity index (χ3n) is 2.11. The number of aliphatic hydroxyl groups is 1. The predicted molar refractivity (Wildman–Crippen MR) is 43.1 cm³/mol. The van der Waals surface area contributed by atoms with Gasteiger partial charge in [-0.25, -0.2) is 0 Å². The third-order valence-corrected chi connectivity index (χ3v) is 2.86. The largest absolute Gasteiger partial charge is 0.394 e. The first kappa shape index (κ1) is 8.37. The second-order valence-electron chi connectivity index (χ2n) is 2.87. The van der Waals surface area contributed by atoms with Crippen LogP contribution in [-0.2, 0) is 4.74 Å². The highest BCUT2D eigenvalue weighted by molar-refractivity contribution is 6.26. The van der Waals surface area contributed by atoms with Gasteiger partial charge in [-0.15, -0.1) is 11.6 Å². The van der Waals surface area contributed by atoms with Crippen molar-refractivity contribution < 1.29 is 9.84 Å². The zero-order valence-corrected chi connectivity index (χ0v) is 7.01. The first-order valence-electron chi connectivity index (χ1n) is 3.57. The second-order valence-corrected chi connectivity index (χ2v) is 3.37. The molecule has 0 amide bonds. The number of rotatable bonds is 1. The molecular formula is C6H12BClO2. The fourth-order valence-corrected chi connectivity index (χ4v) is 1.54. The quantitative estimate of drug-likeness (QED) is 0.419. The molecule has 0 aromatic heterocycles. The molecule has 1 aliphatic heterocycles. The molecule has 4 heteroatoms. The summed E-state index contributed by atoms with van der Waals surface area (Å²) in [4.78, 5) is 0. The molecule has 1 aliphatic rings. The van der Waals surface area contributed by atoms with Gasteiger partial charge < -0.3 is 9.84 Å². The van der Waals surface area contributed by atoms with E-state index in [9.17, 15) is 0 Å². The molecule has 4 atom stereocenters. The molecule has 1 heterocycles. The van der Waals surface area contributed by atoms with Crippen molar-refractivity contribution in [3.63, 3.8) is 0 Å². The van der Waals surface area contributed by atoms with E-state index in [0.717, 1.165) is 0 Å². The highest BCUT2D eigenvalue weighted by Gasteiger charge is 2.37. The maximum atomic E-state index is 8.79. The Labute approximate surface area is 66.9 Å². The summed E-state index contributed by atoms with van der Waals surface area (Å²) < 4.78 is 5.35. The van der Waals surface area contributed by atoms with Crippen LogP contribution in [0.2, 0.25) is 0 Å². The minimum atomic E-state index is -0.0579. The van der Waals surface area contributed by atoms with Gasteiger partial charge >= 0.3 is 0 Å². The van der Waals surface area contributed by atoms with E-state index in [0.29, 0.717) is 0 Å². The Morgan fingerprint density at radius 1 is 1.70 bits per heavy atom. The van der Waals surface area contributed by atoms with Crippen LogP contribution in [0.25, 0.3) is 0 Å². The van der Waals surface area contributed by atoms with Gasteiger partial charge in [0.15, 0.2) is 0 Å². The first-order chi connectivity index (χ1) is 4.66. The van der Waals surface area contributed by atoms with Crippen LogP contribution in [0.4, 0.5) is 0 Å². The Morgan fingerprint density at radius 3 is 2.50 bits per heavy atom. The number of hydrogen-bond donors (Lipinski definition) is 1. The van der Waals surface area contributed by atoms with Gasteiger partial charge in [0.2, 0.25) is 0 Å². The molecule has 10 heavy (non-hydrogen) atoms. The van der Waals surface area contributed by atoms with Gasteiger partial charge in [0, 0.05) is 11.9 Å². The van der Waals surface area contributed by atoms with Crippen LogP contribution < -0.4 is 0 Å². The summed E-state index contributed by atoms with van der Waals surface area (Å²) in [5.74, 6) is 0.265. The fraction of sp³-hybridized carbons (Fsp3) is 1.00. The topological polar surface area (TPSA) is 29.5 Å². The molecule has 0 saturated carbocycles. The summed E-state index contributed by atoms with van der Waals surface area (Å²) in [7, 11) is 1.93. The molecule has 0 radical (unpaired) electrons. The lowest BCUT2D eigenvalue weighted by molar-refractivity contribution is 0.0294. The zero-order valence-electron chi connectivity index (χ0n) is 6.25. The van der Waals surface area contributed by atoms with Crippen LogP contribution >= 0.6 is 11.6 Å². The standard InChI is InChI=1S/C6H12BClO2/c1-3-4(2-9)10-6(7)5(3)8/h3-6,9H,2,7H2,1H3/t3-,4-,5-,6-/m1/s1. The van der Waals surface area contributed by atoms with Crippen LogP contribution in [-0.4, -0.2) is 37.0 Å². The van der Waals surface area contributed by atoms with E-state index in [1.807, 2.05) is 14.8 Å². The summed E-state index contributed by atoms with van der Waals surface area (Å²) in [6.07, 6.45) is -0.0579. The summed E-state index contributed by atoms with van der Waals surface area (Å²) in [5, 5.41) is 8.84. The Bertz CT molecular complexity index is 122. The predicted octanol–water partition coefficient (Wildman–Crippen LogP) is -0.420. The van der Waals surface area contributed by atoms with Gasteiger partial charge in [0.05, 0.1) is 18.1 Å². The van der Waals surface area contributed by atoms with Gasteiger partial charge in [-0.05, 0) is 0 Å². The van der Waals surface area contributed by atoms with Crippen LogP contribution in [0.1, 0.15) is 6.92 Å². The number of alkyl halides is 1. The number of hydrogen-bond acceptors (Lipinski definition) is 2. The molecule has 1 N–H and O–H groups in total. The average molecular weight is 162 g/mol. The lowest BCUT2D eigenvalue weighted by Gasteiger charge is -2.11. The van der Waals surface area contributed by atoms with Gasteiger partial charge in [0.1, 0.15) is 7.85 Å². The minimum absolute atomic E-state index is 0.0529. The van der Waals surface area contributed by atoms with Crippen molar-refractivity contribution in [1.29, 1.82) is 0 Å². The highest BCUT2D eigenvalue weighted by Crippen LogP contribution is 2.28. The molecule has 0 aliphatic carbocycles. The molecule has 2 nitrogen and oxygen atoms in total. The number of aliphatic hydroxyl groups excluding tert-OH is 1. The number of ether oxygens (including phenoxy) is 1. The Hall–Kier alpha value is 0.275. The number of halogens is 1. The van der Waals surface area contributed by atoms with E-state index < -0.39 is 0 Å². The van der Waals surface area contributed by atoms with E-state index in [4.69, 9.17) is 21.4 Å². The lowest BCUT2D eigenvalue weighted by Crippen LogP contribution is -2.21. The smallest absolute Gasteiger partial charge is 0.141 e. The Balaban J connectivity index is 2.53. The Morgan fingerprint density at radius 2 is 2.30 bits per heavy atom. The molecule has 0 spiro atoms. The summed E-state index contributed by atoms with van der Waals surface area (Å²) in [5.41, 5.74) is 0. The lowest BCUT2D eigenvalue weighted by atomic mass is 9.91. The van der Waals surface area contributed by atoms with Crippen molar-refractivity contribution in [2.75, 3.05) is 6.61 Å². The monoisotopic (exact) mass is 162 g/mol. The van der Waals surface area contributed by atoms with Crippen molar-refractivity contribution in [2.24, 2.45) is 5.92 Å². The molecule has 58 valence electrons. The normalized spacial score (nSPS) is 47.9. The van der Waals surface area contributed by atoms with Crippen molar-refractivity contribution >= 4 is 19.4 Å². The fourth-order valence-electron chi connectivity index (χ4n) is 1.32. The zero-order chi connectivity index (χ0) is 7.72. The van der Waals surface area contributed by atoms with Crippen LogP contribution in [0.5, 0.6) is 0 Å². The van der Waals surface area contributed by atoms with E-state index >= 15 is 0 Å². The highest BCUT2D eigenvalue weighted by atomic mass is 35.5. The maximum Gasteiger partial charge on any atom is 0.141 e. The molecular weight excluding hydrogens is 150 g/mol. The first-order valence-corrected chi connectivity index (χ1v) is 4.01. The van der Waals surface area contributed by atoms with Gasteiger partial charge in [-0.1, -0.05) is 6.92 Å². The molecule has 0 unspecified atom stereocenters. The summed E-state index contributed by atoms with van der Waals surface area (Å²) >= 11 is 5.95. The third kappa shape index (κ3) is 1.31. The summed E-state index contributed by atoms with van der Waals surface area (Å²) in [6.45, 7) is 2.08. The van der Waals surface area contributed by atoms with Gasteiger partial charge in [0.25, 0.3) is 0 Å². The van der Waals surface area contributed by atoms with Crippen LogP contribution in [0, 0.1) is 5.92 Å². The van der Waals surface area contributed by atoms with Crippen molar-refractivity contribution in [3.8, 4) is 0 Å². The molecule has 0 bridgehead atoms. The second kappa shape index (κ2) is 3.12. The van der Waals surface area contributed by atoms with Gasteiger partial charge in [-0.2, -0.15) is 0 Å². The van der Waals surface area contributed by atoms with Crippen LogP contribution in [0.15, 0.2) is 0 Å². The van der Waals surface area contributed by atoms with Gasteiger partial charge in [-0.3, -0.25) is 0 Å². The molecule has 1 saturated heterocycles. The Kier molecular flexibility index (Phi) is 2.61. The minimum Gasteiger partial charge on any atom is -0.394 e.